The van der Waals surface area contributed by atoms with Gasteiger partial charge in [0.05, 0.1) is 13.0 Å². The fourth-order valence-corrected chi connectivity index (χ4v) is 2.01. The highest BCUT2D eigenvalue weighted by molar-refractivity contribution is 5.72. The lowest BCUT2D eigenvalue weighted by Gasteiger charge is -2.09. The summed E-state index contributed by atoms with van der Waals surface area (Å²) in [5, 5.41) is 7.07. The van der Waals surface area contributed by atoms with Crippen LogP contribution in [0.4, 0.5) is 0 Å². The van der Waals surface area contributed by atoms with Crippen LogP contribution in [0.15, 0.2) is 10.2 Å². The van der Waals surface area contributed by atoms with Gasteiger partial charge in [-0.3, -0.25) is 4.79 Å². The van der Waals surface area contributed by atoms with Crippen LogP contribution < -0.4 is 0 Å². The molecule has 0 spiro atoms. The van der Waals surface area contributed by atoms with Gasteiger partial charge in [-0.25, -0.2) is 0 Å². The zero-order valence-electron chi connectivity index (χ0n) is 8.85. The van der Waals surface area contributed by atoms with Crippen molar-refractivity contribution >= 4 is 5.97 Å². The van der Waals surface area contributed by atoms with Gasteiger partial charge in [-0.15, -0.1) is 0 Å². The topological polar surface area (TPSA) is 124 Å². The van der Waals surface area contributed by atoms with Crippen molar-refractivity contribution in [3.8, 4) is 0 Å². The molecule has 1 saturated carbocycles. The highest BCUT2D eigenvalue weighted by Crippen LogP contribution is 2.34. The fraction of sp³-hybridized carbons (Fsp3) is 0.875. The van der Waals surface area contributed by atoms with Gasteiger partial charge >= 0.3 is 5.97 Å². The SMILES string of the molecule is COC(=O)[C@@H]1C[C@H](CN=[N+]=[N-])[C@@H](N=[N+]=[N-])C1. The standard InChI is InChI=1S/C8H12N6O2/c1-16-8(15)5-2-6(4-11-13-9)7(3-5)12-14-10/h5-7H,2-4H2,1H3/t5-,6-,7+/m1/s1. The van der Waals surface area contributed by atoms with E-state index in [2.05, 4.69) is 24.8 Å². The molecule has 0 aromatic heterocycles. The van der Waals surface area contributed by atoms with Crippen LogP contribution in [0.2, 0.25) is 0 Å². The van der Waals surface area contributed by atoms with E-state index in [-0.39, 0.29) is 30.4 Å². The third kappa shape index (κ3) is 2.79. The molecule has 0 unspecified atom stereocenters. The number of hydrogen-bond donors (Lipinski definition) is 0. The summed E-state index contributed by atoms with van der Waals surface area (Å²) in [5.41, 5.74) is 16.6. The number of carbonyl (C=O) groups excluding carboxylic acids is 1. The number of rotatable bonds is 4. The maximum Gasteiger partial charge on any atom is 0.308 e. The van der Waals surface area contributed by atoms with Crippen molar-refractivity contribution in [1.82, 2.24) is 0 Å². The van der Waals surface area contributed by atoms with E-state index in [9.17, 15) is 4.79 Å². The molecule has 0 amide bonds. The Kier molecular flexibility index (Phi) is 4.44. The van der Waals surface area contributed by atoms with Crippen molar-refractivity contribution in [1.29, 1.82) is 0 Å². The Morgan fingerprint density at radius 1 is 1.44 bits per heavy atom. The van der Waals surface area contributed by atoms with Gasteiger partial charge in [0, 0.05) is 22.4 Å². The molecule has 1 fully saturated rings. The van der Waals surface area contributed by atoms with Crippen LogP contribution in [0, 0.1) is 11.8 Å². The predicted octanol–water partition coefficient (Wildman–Crippen LogP) is 2.17. The number of hydrogen-bond acceptors (Lipinski definition) is 4. The van der Waals surface area contributed by atoms with Gasteiger partial charge in [0.1, 0.15) is 0 Å². The molecule has 0 radical (unpaired) electrons. The Morgan fingerprint density at radius 3 is 2.75 bits per heavy atom. The maximum absolute atomic E-state index is 11.3. The highest BCUT2D eigenvalue weighted by Gasteiger charge is 2.37. The van der Waals surface area contributed by atoms with Crippen LogP contribution >= 0.6 is 0 Å². The maximum atomic E-state index is 11.3. The molecule has 0 bridgehead atoms. The Morgan fingerprint density at radius 2 is 2.19 bits per heavy atom. The molecule has 1 aliphatic carbocycles. The summed E-state index contributed by atoms with van der Waals surface area (Å²) in [5.74, 6) is -0.642. The van der Waals surface area contributed by atoms with Gasteiger partial charge in [-0.2, -0.15) is 0 Å². The van der Waals surface area contributed by atoms with Crippen molar-refractivity contribution in [3.63, 3.8) is 0 Å². The average Bonchev–Trinajstić information content (AvgIpc) is 2.69. The molecule has 8 heteroatoms. The molecule has 1 aliphatic rings. The van der Waals surface area contributed by atoms with Crippen molar-refractivity contribution in [2.75, 3.05) is 13.7 Å². The lowest BCUT2D eigenvalue weighted by molar-refractivity contribution is -0.145. The summed E-state index contributed by atoms with van der Waals surface area (Å²) in [6.45, 7) is 0.244. The second-order valence-corrected chi connectivity index (χ2v) is 3.64. The first kappa shape index (κ1) is 12.2. The van der Waals surface area contributed by atoms with E-state index in [1.165, 1.54) is 7.11 Å². The number of carbonyl (C=O) groups is 1. The van der Waals surface area contributed by atoms with E-state index in [0.29, 0.717) is 12.8 Å². The Balaban J connectivity index is 2.70. The van der Waals surface area contributed by atoms with Gasteiger partial charge in [0.2, 0.25) is 0 Å². The Bertz CT molecular complexity index is 358. The normalized spacial score (nSPS) is 27.7. The molecular formula is C8H12N6O2. The van der Waals surface area contributed by atoms with E-state index in [1.54, 1.807) is 0 Å². The van der Waals surface area contributed by atoms with Gasteiger partial charge in [-0.05, 0) is 29.8 Å². The summed E-state index contributed by atoms with van der Waals surface area (Å²) in [6.07, 6.45) is 0.998. The lowest BCUT2D eigenvalue weighted by Crippen LogP contribution is -2.13. The molecule has 0 aromatic rings. The van der Waals surface area contributed by atoms with Crippen molar-refractivity contribution < 1.29 is 9.53 Å². The monoisotopic (exact) mass is 224 g/mol. The van der Waals surface area contributed by atoms with Crippen LogP contribution in [0.25, 0.3) is 20.9 Å². The van der Waals surface area contributed by atoms with Gasteiger partial charge in [0.15, 0.2) is 0 Å². The number of esters is 1. The second kappa shape index (κ2) is 5.85. The van der Waals surface area contributed by atoms with E-state index >= 15 is 0 Å². The Hall–Kier alpha value is -1.91. The van der Waals surface area contributed by atoms with E-state index in [0.717, 1.165) is 0 Å². The molecule has 0 aromatic carbocycles. The summed E-state index contributed by atoms with van der Waals surface area (Å²) in [7, 11) is 1.33. The first-order valence-electron chi connectivity index (χ1n) is 4.85. The van der Waals surface area contributed by atoms with Gasteiger partial charge in [0.25, 0.3) is 0 Å². The number of azide groups is 2. The van der Waals surface area contributed by atoms with Gasteiger partial charge in [-0.1, -0.05) is 10.2 Å². The molecule has 0 N–H and O–H groups in total. The van der Waals surface area contributed by atoms with Crippen LogP contribution in [0.3, 0.4) is 0 Å². The minimum atomic E-state index is -0.304. The number of nitrogens with zero attached hydrogens (tertiary/aromatic N) is 6. The molecule has 86 valence electrons. The zero-order valence-corrected chi connectivity index (χ0v) is 8.85. The second-order valence-electron chi connectivity index (χ2n) is 3.64. The van der Waals surface area contributed by atoms with Crippen LogP contribution in [0.5, 0.6) is 0 Å². The number of methoxy groups -OCH3 is 1. The third-order valence-corrected chi connectivity index (χ3v) is 2.77. The summed E-state index contributed by atoms with van der Waals surface area (Å²) >= 11 is 0. The highest BCUT2D eigenvalue weighted by atomic mass is 16.5. The largest absolute Gasteiger partial charge is 0.469 e. The fourth-order valence-electron chi connectivity index (χ4n) is 2.01. The number of ether oxygens (including phenoxy) is 1. The first-order chi connectivity index (χ1) is 7.72. The molecule has 1 rings (SSSR count). The van der Waals surface area contributed by atoms with Crippen LogP contribution in [0.1, 0.15) is 12.8 Å². The first-order valence-corrected chi connectivity index (χ1v) is 4.85. The van der Waals surface area contributed by atoms with E-state index in [4.69, 9.17) is 11.1 Å². The molecular weight excluding hydrogens is 212 g/mol. The Labute approximate surface area is 91.8 Å². The molecule has 16 heavy (non-hydrogen) atoms. The van der Waals surface area contributed by atoms with Crippen LogP contribution in [-0.2, 0) is 9.53 Å². The summed E-state index contributed by atoms with van der Waals surface area (Å²) in [4.78, 5) is 16.7. The molecule has 8 nitrogen and oxygen atoms in total. The van der Waals surface area contributed by atoms with Crippen molar-refractivity contribution in [3.05, 3.63) is 20.9 Å². The minimum Gasteiger partial charge on any atom is -0.469 e. The molecule has 0 heterocycles. The quantitative estimate of drug-likeness (QED) is 0.314. The predicted molar refractivity (Wildman–Crippen MR) is 55.2 cm³/mol. The van der Waals surface area contributed by atoms with E-state index in [1.807, 2.05) is 0 Å². The molecule has 3 atom stereocenters. The van der Waals surface area contributed by atoms with Crippen LogP contribution in [-0.4, -0.2) is 25.7 Å². The molecule has 0 aliphatic heterocycles. The third-order valence-electron chi connectivity index (χ3n) is 2.77. The van der Waals surface area contributed by atoms with Crippen molar-refractivity contribution in [2.45, 2.75) is 18.9 Å². The average molecular weight is 224 g/mol. The van der Waals surface area contributed by atoms with Crippen molar-refractivity contribution in [2.24, 2.45) is 22.1 Å². The lowest BCUT2D eigenvalue weighted by atomic mass is 10.0. The summed E-state index contributed by atoms with van der Waals surface area (Å²) < 4.78 is 4.64. The zero-order chi connectivity index (χ0) is 12.0. The minimum absolute atomic E-state index is 0.0732. The van der Waals surface area contributed by atoms with E-state index < -0.39 is 0 Å². The summed E-state index contributed by atoms with van der Waals surface area (Å²) in [6, 6.07) is -0.292. The molecule has 0 saturated heterocycles. The smallest absolute Gasteiger partial charge is 0.308 e. The van der Waals surface area contributed by atoms with Gasteiger partial charge < -0.3 is 4.74 Å².